The van der Waals surface area contributed by atoms with Gasteiger partial charge in [-0.05, 0) is 96.8 Å². The second-order valence-corrected chi connectivity index (χ2v) is 11.1. The van der Waals surface area contributed by atoms with E-state index >= 15 is 0 Å². The first-order valence-corrected chi connectivity index (χ1v) is 12.7. The SMILES string of the molecule is C=CC12CCc3cc(O)ccc3[C@H]1[C@@H](CCCCCC(O)C(F)=C(F)F)C[C@]1(C)[C@@H](O)CC[C@@H]21. The highest BCUT2D eigenvalue weighted by Gasteiger charge is 2.63. The number of unbranched alkanes of at least 4 members (excludes halogenated alkanes) is 2. The molecule has 188 valence electrons. The van der Waals surface area contributed by atoms with Gasteiger partial charge in [-0.15, -0.1) is 6.58 Å². The Morgan fingerprint density at radius 3 is 2.68 bits per heavy atom. The lowest BCUT2D eigenvalue weighted by Crippen LogP contribution is -2.54. The van der Waals surface area contributed by atoms with Crippen molar-refractivity contribution >= 4 is 0 Å². The minimum atomic E-state index is -2.45. The third kappa shape index (κ3) is 4.21. The predicted octanol–water partition coefficient (Wildman–Crippen LogP) is 6.78. The van der Waals surface area contributed by atoms with Crippen molar-refractivity contribution in [2.75, 3.05) is 0 Å². The molecule has 0 amide bonds. The van der Waals surface area contributed by atoms with Gasteiger partial charge in [0.25, 0.3) is 0 Å². The van der Waals surface area contributed by atoms with E-state index in [9.17, 15) is 28.5 Å². The van der Waals surface area contributed by atoms with E-state index in [0.29, 0.717) is 24.7 Å². The highest BCUT2D eigenvalue weighted by Crippen LogP contribution is 2.69. The first-order chi connectivity index (χ1) is 16.1. The minimum absolute atomic E-state index is 0.0194. The molecule has 3 nitrogen and oxygen atoms in total. The van der Waals surface area contributed by atoms with Gasteiger partial charge in [-0.3, -0.25) is 0 Å². The van der Waals surface area contributed by atoms with Crippen molar-refractivity contribution in [3.8, 4) is 5.75 Å². The molecule has 6 heteroatoms. The van der Waals surface area contributed by atoms with Crippen LogP contribution in [0.5, 0.6) is 5.75 Å². The molecule has 1 aromatic rings. The Bertz CT molecular complexity index is 943. The fourth-order valence-corrected chi connectivity index (χ4v) is 7.87. The summed E-state index contributed by atoms with van der Waals surface area (Å²) in [6, 6.07) is 5.70. The van der Waals surface area contributed by atoms with Gasteiger partial charge in [0, 0.05) is 0 Å². The highest BCUT2D eigenvalue weighted by atomic mass is 19.3. The molecule has 3 aliphatic carbocycles. The molecule has 0 aliphatic heterocycles. The number of phenolic OH excluding ortho intramolecular Hbond substituents is 1. The van der Waals surface area contributed by atoms with Gasteiger partial charge in [-0.25, -0.2) is 4.39 Å². The maximum Gasteiger partial charge on any atom is 0.304 e. The van der Waals surface area contributed by atoms with Crippen molar-refractivity contribution in [1.82, 2.24) is 0 Å². The van der Waals surface area contributed by atoms with E-state index in [0.717, 1.165) is 44.9 Å². The summed E-state index contributed by atoms with van der Waals surface area (Å²) < 4.78 is 37.9. The van der Waals surface area contributed by atoms with Crippen LogP contribution in [0.4, 0.5) is 13.2 Å². The zero-order valence-corrected chi connectivity index (χ0v) is 19.9. The lowest BCUT2D eigenvalue weighted by atomic mass is 9.44. The Hall–Kier alpha value is -1.79. The van der Waals surface area contributed by atoms with Crippen molar-refractivity contribution in [1.29, 1.82) is 0 Å². The number of hydrogen-bond acceptors (Lipinski definition) is 3. The van der Waals surface area contributed by atoms with Crippen molar-refractivity contribution in [3.05, 3.63) is 53.9 Å². The summed E-state index contributed by atoms with van der Waals surface area (Å²) in [5, 5.41) is 30.7. The molecule has 0 spiro atoms. The largest absolute Gasteiger partial charge is 0.508 e. The quantitative estimate of drug-likeness (QED) is 0.285. The standard InChI is InChI=1S/C28H37F3O3/c1-3-28-14-13-17-15-19(32)9-10-20(17)24(28)18(16-27(2)22(28)11-12-23(27)34)7-5-4-6-8-21(33)25(29)26(30)31/h3,9-10,15,18,21-24,32-34H,1,4-8,11-14,16H2,2H3/t18-,21?,22+,23-,24+,27-,28?/m0/s1. The van der Waals surface area contributed by atoms with Crippen LogP contribution >= 0.6 is 0 Å². The molecular weight excluding hydrogens is 441 g/mol. The first-order valence-electron chi connectivity index (χ1n) is 12.7. The van der Waals surface area contributed by atoms with E-state index in [1.54, 1.807) is 6.07 Å². The summed E-state index contributed by atoms with van der Waals surface area (Å²) >= 11 is 0. The van der Waals surface area contributed by atoms with E-state index < -0.39 is 18.0 Å². The molecule has 1 aromatic carbocycles. The zero-order valence-electron chi connectivity index (χ0n) is 19.9. The molecule has 3 N–H and O–H groups in total. The van der Waals surface area contributed by atoms with Crippen LogP contribution in [0.15, 0.2) is 42.8 Å². The van der Waals surface area contributed by atoms with E-state index in [4.69, 9.17) is 0 Å². The highest BCUT2D eigenvalue weighted by molar-refractivity contribution is 5.43. The third-order valence-electron chi connectivity index (χ3n) is 9.38. The molecule has 34 heavy (non-hydrogen) atoms. The number of aryl methyl sites for hydroxylation is 1. The lowest BCUT2D eigenvalue weighted by molar-refractivity contribution is -0.0812. The number of benzene rings is 1. The lowest BCUT2D eigenvalue weighted by Gasteiger charge is -2.60. The summed E-state index contributed by atoms with van der Waals surface area (Å²) in [7, 11) is 0. The van der Waals surface area contributed by atoms with Crippen LogP contribution in [-0.2, 0) is 6.42 Å². The van der Waals surface area contributed by atoms with Crippen molar-refractivity contribution < 1.29 is 28.5 Å². The molecule has 2 unspecified atom stereocenters. The fourth-order valence-electron chi connectivity index (χ4n) is 7.87. The summed E-state index contributed by atoms with van der Waals surface area (Å²) in [4.78, 5) is 0. The average molecular weight is 479 g/mol. The van der Waals surface area contributed by atoms with Crippen molar-refractivity contribution in [2.45, 2.75) is 89.3 Å². The Kier molecular flexibility index (Phi) is 7.21. The van der Waals surface area contributed by atoms with Crippen LogP contribution in [0.2, 0.25) is 0 Å². The maximum absolute atomic E-state index is 13.2. The van der Waals surface area contributed by atoms with Crippen LogP contribution < -0.4 is 0 Å². The number of aromatic hydroxyl groups is 1. The topological polar surface area (TPSA) is 60.7 Å². The van der Waals surface area contributed by atoms with E-state index in [1.807, 2.05) is 6.07 Å². The summed E-state index contributed by atoms with van der Waals surface area (Å²) in [5.74, 6) is -0.525. The zero-order chi connectivity index (χ0) is 24.7. The Balaban J connectivity index is 1.55. The van der Waals surface area contributed by atoms with Crippen LogP contribution in [0.1, 0.15) is 81.8 Å². The minimum Gasteiger partial charge on any atom is -0.508 e. The molecule has 2 fully saturated rings. The number of aliphatic hydroxyl groups excluding tert-OH is 2. The summed E-state index contributed by atoms with van der Waals surface area (Å²) in [6.07, 6.45) is 5.08. The van der Waals surface area contributed by atoms with E-state index in [2.05, 4.69) is 25.6 Å². The smallest absolute Gasteiger partial charge is 0.304 e. The predicted molar refractivity (Wildman–Crippen MR) is 126 cm³/mol. The van der Waals surface area contributed by atoms with Crippen LogP contribution in [-0.4, -0.2) is 27.5 Å². The Morgan fingerprint density at radius 1 is 1.21 bits per heavy atom. The second-order valence-electron chi connectivity index (χ2n) is 11.1. The van der Waals surface area contributed by atoms with Crippen molar-refractivity contribution in [3.63, 3.8) is 0 Å². The third-order valence-corrected chi connectivity index (χ3v) is 9.38. The van der Waals surface area contributed by atoms with Gasteiger partial charge in [0.2, 0.25) is 0 Å². The normalized spacial score (nSPS) is 35.1. The van der Waals surface area contributed by atoms with Crippen LogP contribution in [0.25, 0.3) is 0 Å². The number of allylic oxidation sites excluding steroid dienone is 1. The molecule has 4 rings (SSSR count). The number of aliphatic hydroxyl groups is 2. The monoisotopic (exact) mass is 478 g/mol. The molecule has 3 aliphatic rings. The summed E-state index contributed by atoms with van der Waals surface area (Å²) in [5.41, 5.74) is 2.18. The Morgan fingerprint density at radius 2 is 1.97 bits per heavy atom. The molecule has 0 radical (unpaired) electrons. The molecule has 0 bridgehead atoms. The van der Waals surface area contributed by atoms with Gasteiger partial charge >= 0.3 is 6.08 Å². The van der Waals surface area contributed by atoms with Crippen LogP contribution in [0, 0.1) is 22.7 Å². The Labute approximate surface area is 200 Å². The number of rotatable bonds is 8. The number of fused-ring (bicyclic) bond motifs is 5. The number of hydrogen-bond donors (Lipinski definition) is 3. The number of phenols is 1. The van der Waals surface area contributed by atoms with E-state index in [-0.39, 0.29) is 35.0 Å². The molecule has 2 saturated carbocycles. The second kappa shape index (κ2) is 9.69. The summed E-state index contributed by atoms with van der Waals surface area (Å²) in [6.45, 7) is 6.53. The molecule has 7 atom stereocenters. The number of halogens is 3. The van der Waals surface area contributed by atoms with Gasteiger partial charge in [0.05, 0.1) is 6.10 Å². The fraction of sp³-hybridized carbons (Fsp3) is 0.643. The van der Waals surface area contributed by atoms with Gasteiger partial charge < -0.3 is 15.3 Å². The van der Waals surface area contributed by atoms with Gasteiger partial charge in [0.1, 0.15) is 11.9 Å². The molecule has 0 aromatic heterocycles. The molecular formula is C28H37F3O3. The van der Waals surface area contributed by atoms with Crippen molar-refractivity contribution in [2.24, 2.45) is 22.7 Å². The van der Waals surface area contributed by atoms with Gasteiger partial charge in [-0.1, -0.05) is 38.3 Å². The molecule has 0 heterocycles. The van der Waals surface area contributed by atoms with Gasteiger partial charge in [0.15, 0.2) is 5.83 Å². The average Bonchev–Trinajstić information content (AvgIpc) is 3.11. The van der Waals surface area contributed by atoms with Crippen LogP contribution in [0.3, 0.4) is 0 Å². The maximum atomic E-state index is 13.2. The van der Waals surface area contributed by atoms with Gasteiger partial charge in [-0.2, -0.15) is 8.78 Å². The first kappa shape index (κ1) is 25.3. The molecule has 0 saturated heterocycles. The van der Waals surface area contributed by atoms with E-state index in [1.165, 1.54) is 11.1 Å².